The SMILES string of the molecule is O=c1cc2c(nn1CC1CN(c3nncs3)C1)CCC2. The number of anilines is 1. The van der Waals surface area contributed by atoms with Crippen molar-refractivity contribution >= 4 is 16.5 Å². The van der Waals surface area contributed by atoms with Crippen molar-refractivity contribution in [2.24, 2.45) is 5.92 Å². The highest BCUT2D eigenvalue weighted by Crippen LogP contribution is 2.26. The molecule has 0 amide bonds. The molecule has 0 atom stereocenters. The molecule has 0 N–H and O–H groups in total. The Morgan fingerprint density at radius 1 is 1.35 bits per heavy atom. The van der Waals surface area contributed by atoms with Crippen molar-refractivity contribution in [3.63, 3.8) is 0 Å². The van der Waals surface area contributed by atoms with Gasteiger partial charge in [0.25, 0.3) is 5.56 Å². The Hall–Kier alpha value is -1.76. The fourth-order valence-electron chi connectivity index (χ4n) is 2.96. The quantitative estimate of drug-likeness (QED) is 0.833. The van der Waals surface area contributed by atoms with Crippen LogP contribution in [-0.2, 0) is 19.4 Å². The van der Waals surface area contributed by atoms with Crippen LogP contribution in [0.15, 0.2) is 16.4 Å². The van der Waals surface area contributed by atoms with Gasteiger partial charge in [0.2, 0.25) is 5.13 Å². The molecule has 3 heterocycles. The van der Waals surface area contributed by atoms with Crippen LogP contribution in [0.25, 0.3) is 0 Å². The third-order valence-electron chi connectivity index (χ3n) is 4.03. The lowest BCUT2D eigenvalue weighted by atomic mass is 10.0. The first kappa shape index (κ1) is 12.0. The number of hydrogen-bond donors (Lipinski definition) is 0. The Bertz CT molecular complexity index is 675. The number of nitrogens with zero attached hydrogens (tertiary/aromatic N) is 5. The van der Waals surface area contributed by atoms with Crippen LogP contribution in [-0.4, -0.2) is 33.1 Å². The standard InChI is InChI=1S/C13H15N5OS/c19-12-4-10-2-1-3-11(10)16-18(12)7-9-5-17(6-9)13-15-14-8-20-13/h4,8-9H,1-3,5-7H2. The van der Waals surface area contributed by atoms with E-state index < -0.39 is 0 Å². The van der Waals surface area contributed by atoms with Crippen LogP contribution in [0.5, 0.6) is 0 Å². The summed E-state index contributed by atoms with van der Waals surface area (Å²) >= 11 is 1.55. The minimum atomic E-state index is 0.0417. The predicted octanol–water partition coefficient (Wildman–Crippen LogP) is 0.720. The maximum Gasteiger partial charge on any atom is 0.267 e. The van der Waals surface area contributed by atoms with Crippen LogP contribution in [0.3, 0.4) is 0 Å². The van der Waals surface area contributed by atoms with E-state index in [4.69, 9.17) is 0 Å². The van der Waals surface area contributed by atoms with Gasteiger partial charge in [0.15, 0.2) is 0 Å². The molecule has 2 aliphatic rings. The second kappa shape index (κ2) is 4.66. The molecule has 1 aliphatic heterocycles. The summed E-state index contributed by atoms with van der Waals surface area (Å²) in [5.41, 5.74) is 4.05. The average Bonchev–Trinajstić information content (AvgIpc) is 3.03. The minimum Gasteiger partial charge on any atom is -0.346 e. The summed E-state index contributed by atoms with van der Waals surface area (Å²) in [4.78, 5) is 14.2. The fraction of sp³-hybridized carbons (Fsp3) is 0.538. The van der Waals surface area contributed by atoms with Gasteiger partial charge in [-0.1, -0.05) is 11.3 Å². The van der Waals surface area contributed by atoms with E-state index in [9.17, 15) is 4.79 Å². The monoisotopic (exact) mass is 289 g/mol. The molecule has 1 fully saturated rings. The summed E-state index contributed by atoms with van der Waals surface area (Å²) < 4.78 is 1.65. The summed E-state index contributed by atoms with van der Waals surface area (Å²) in [6.07, 6.45) is 3.14. The van der Waals surface area contributed by atoms with Gasteiger partial charge in [-0.25, -0.2) is 4.68 Å². The van der Waals surface area contributed by atoms with Gasteiger partial charge in [-0.2, -0.15) is 5.10 Å². The smallest absolute Gasteiger partial charge is 0.267 e. The topological polar surface area (TPSA) is 63.9 Å². The first-order valence-corrected chi connectivity index (χ1v) is 7.78. The van der Waals surface area contributed by atoms with E-state index in [1.807, 2.05) is 0 Å². The third kappa shape index (κ3) is 2.02. The van der Waals surface area contributed by atoms with E-state index in [-0.39, 0.29) is 5.56 Å². The molecule has 7 heteroatoms. The predicted molar refractivity (Wildman–Crippen MR) is 76.1 cm³/mol. The van der Waals surface area contributed by atoms with Crippen molar-refractivity contribution in [3.05, 3.63) is 33.2 Å². The normalized spacial score (nSPS) is 18.1. The molecule has 4 rings (SSSR count). The lowest BCUT2D eigenvalue weighted by molar-refractivity contribution is 0.332. The highest BCUT2D eigenvalue weighted by Gasteiger charge is 2.29. The lowest BCUT2D eigenvalue weighted by Crippen LogP contribution is -2.49. The molecule has 0 radical (unpaired) electrons. The molecule has 2 aromatic rings. The number of aryl methyl sites for hydroxylation is 2. The first-order chi connectivity index (χ1) is 9.79. The maximum absolute atomic E-state index is 12.0. The summed E-state index contributed by atoms with van der Waals surface area (Å²) in [7, 11) is 0. The van der Waals surface area contributed by atoms with Crippen molar-refractivity contribution in [1.82, 2.24) is 20.0 Å². The molecule has 6 nitrogen and oxygen atoms in total. The van der Waals surface area contributed by atoms with E-state index in [0.29, 0.717) is 12.5 Å². The fourth-order valence-corrected chi connectivity index (χ4v) is 3.54. The lowest BCUT2D eigenvalue weighted by Gasteiger charge is -2.38. The van der Waals surface area contributed by atoms with Crippen molar-refractivity contribution in [3.8, 4) is 0 Å². The van der Waals surface area contributed by atoms with Gasteiger partial charge in [0.1, 0.15) is 5.51 Å². The zero-order chi connectivity index (χ0) is 13.5. The zero-order valence-corrected chi connectivity index (χ0v) is 11.8. The molecule has 104 valence electrons. The molecular weight excluding hydrogens is 274 g/mol. The number of aromatic nitrogens is 4. The molecule has 1 aliphatic carbocycles. The molecule has 20 heavy (non-hydrogen) atoms. The van der Waals surface area contributed by atoms with E-state index in [1.54, 1.807) is 27.6 Å². The van der Waals surface area contributed by atoms with Gasteiger partial charge >= 0.3 is 0 Å². The van der Waals surface area contributed by atoms with Crippen molar-refractivity contribution in [1.29, 1.82) is 0 Å². The van der Waals surface area contributed by atoms with E-state index in [2.05, 4.69) is 20.2 Å². The Morgan fingerprint density at radius 2 is 2.25 bits per heavy atom. The molecule has 0 spiro atoms. The Balaban J connectivity index is 1.45. The largest absolute Gasteiger partial charge is 0.346 e. The van der Waals surface area contributed by atoms with Crippen LogP contribution < -0.4 is 10.5 Å². The van der Waals surface area contributed by atoms with E-state index in [1.165, 1.54) is 0 Å². The molecule has 1 saturated heterocycles. The van der Waals surface area contributed by atoms with Crippen LogP contribution in [0, 0.1) is 5.92 Å². The number of hydrogen-bond acceptors (Lipinski definition) is 6. The molecule has 0 unspecified atom stereocenters. The van der Waals surface area contributed by atoms with Crippen LogP contribution in [0.4, 0.5) is 5.13 Å². The molecule has 0 saturated carbocycles. The summed E-state index contributed by atoms with van der Waals surface area (Å²) in [5.74, 6) is 0.476. The molecular formula is C13H15N5OS. The van der Waals surface area contributed by atoms with Gasteiger partial charge < -0.3 is 4.90 Å². The van der Waals surface area contributed by atoms with Gasteiger partial charge in [0.05, 0.1) is 12.2 Å². The van der Waals surface area contributed by atoms with Crippen molar-refractivity contribution in [2.45, 2.75) is 25.8 Å². The third-order valence-corrected chi connectivity index (χ3v) is 4.78. The van der Waals surface area contributed by atoms with Crippen molar-refractivity contribution < 1.29 is 0 Å². The van der Waals surface area contributed by atoms with E-state index >= 15 is 0 Å². The van der Waals surface area contributed by atoms with Gasteiger partial charge in [-0.3, -0.25) is 4.79 Å². The molecule has 0 aromatic carbocycles. The summed E-state index contributed by atoms with van der Waals surface area (Å²) in [6.45, 7) is 2.57. The second-order valence-corrected chi connectivity index (χ2v) is 6.29. The number of rotatable bonds is 3. The highest BCUT2D eigenvalue weighted by atomic mass is 32.1. The summed E-state index contributed by atoms with van der Waals surface area (Å²) in [5, 5.41) is 13.4. The average molecular weight is 289 g/mol. The van der Waals surface area contributed by atoms with Gasteiger partial charge in [-0.15, -0.1) is 10.2 Å². The minimum absolute atomic E-state index is 0.0417. The Labute approximate surface area is 120 Å². The van der Waals surface area contributed by atoms with Crippen LogP contribution in [0.2, 0.25) is 0 Å². The second-order valence-electron chi connectivity index (χ2n) is 5.48. The van der Waals surface area contributed by atoms with Crippen LogP contribution in [0.1, 0.15) is 17.7 Å². The molecule has 2 aromatic heterocycles. The van der Waals surface area contributed by atoms with Gasteiger partial charge in [-0.05, 0) is 24.8 Å². The van der Waals surface area contributed by atoms with E-state index in [0.717, 1.165) is 48.7 Å². The molecule has 0 bridgehead atoms. The van der Waals surface area contributed by atoms with Crippen molar-refractivity contribution in [2.75, 3.05) is 18.0 Å². The maximum atomic E-state index is 12.0. The first-order valence-electron chi connectivity index (χ1n) is 6.90. The zero-order valence-electron chi connectivity index (χ0n) is 11.0. The Kier molecular flexibility index (Phi) is 2.80. The highest BCUT2D eigenvalue weighted by molar-refractivity contribution is 7.13. The Morgan fingerprint density at radius 3 is 3.05 bits per heavy atom. The van der Waals surface area contributed by atoms with Crippen LogP contribution >= 0.6 is 11.3 Å². The number of fused-ring (bicyclic) bond motifs is 1. The summed E-state index contributed by atoms with van der Waals surface area (Å²) in [6, 6.07) is 1.77. The van der Waals surface area contributed by atoms with Gasteiger partial charge in [0, 0.05) is 25.1 Å².